The Balaban J connectivity index is 1.09. The van der Waals surface area contributed by atoms with E-state index in [0.29, 0.717) is 16.3 Å². The summed E-state index contributed by atoms with van der Waals surface area (Å²) in [6.45, 7) is 2.05. The Bertz CT molecular complexity index is 1540. The summed E-state index contributed by atoms with van der Waals surface area (Å²) >= 11 is 1.46. The summed E-state index contributed by atoms with van der Waals surface area (Å²) in [5.41, 5.74) is 3.45. The molecule has 0 unspecified atom stereocenters. The van der Waals surface area contributed by atoms with Crippen LogP contribution in [0.15, 0.2) is 77.7 Å². The standard InChI is InChI=1S/C37H42N2O6S/c1-22-31(21-46-32-8-3-2-7-30(32)34(41)42)44-35(45-33(22)27-11-9-23(20-40)10-12-27)28-5-4-6-29(16-28)38-36(43)39-37-17-24-13-25(18-37)15-26(14-24)19-37/h2-12,16,22,24-26,31,33,35,40H,13-15,17-21H2,1H3,(H,41,42)(H2,38,39,43)/t22-,24?,25?,26?,31+,33+,35+,37?/m1/s1. The molecule has 5 fully saturated rings. The molecule has 4 bridgehead atoms. The molecule has 2 amide bonds. The highest BCUT2D eigenvalue weighted by molar-refractivity contribution is 7.99. The van der Waals surface area contributed by atoms with Gasteiger partial charge in [0.2, 0.25) is 0 Å². The smallest absolute Gasteiger partial charge is 0.336 e. The van der Waals surface area contributed by atoms with Crippen LogP contribution in [0.4, 0.5) is 10.5 Å². The summed E-state index contributed by atoms with van der Waals surface area (Å²) in [5, 5.41) is 25.8. The zero-order valence-electron chi connectivity index (χ0n) is 26.1. The number of ether oxygens (including phenoxy) is 2. The van der Waals surface area contributed by atoms with Gasteiger partial charge in [0.05, 0.1) is 24.4 Å². The van der Waals surface area contributed by atoms with Crippen LogP contribution in [-0.4, -0.2) is 39.6 Å². The molecule has 46 heavy (non-hydrogen) atoms. The highest BCUT2D eigenvalue weighted by Crippen LogP contribution is 2.55. The van der Waals surface area contributed by atoms with Gasteiger partial charge in [0.1, 0.15) is 0 Å². The Labute approximate surface area is 274 Å². The van der Waals surface area contributed by atoms with Gasteiger partial charge in [-0.25, -0.2) is 9.59 Å². The second kappa shape index (κ2) is 13.0. The Morgan fingerprint density at radius 3 is 2.26 bits per heavy atom. The lowest BCUT2D eigenvalue weighted by Crippen LogP contribution is -2.60. The second-order valence-electron chi connectivity index (χ2n) is 13.8. The van der Waals surface area contributed by atoms with Gasteiger partial charge in [-0.3, -0.25) is 0 Å². The normalized spacial score (nSPS) is 31.4. The van der Waals surface area contributed by atoms with E-state index >= 15 is 0 Å². The van der Waals surface area contributed by atoms with E-state index in [1.165, 1.54) is 31.0 Å². The highest BCUT2D eigenvalue weighted by atomic mass is 32.2. The van der Waals surface area contributed by atoms with Crippen LogP contribution in [0.25, 0.3) is 0 Å². The zero-order valence-corrected chi connectivity index (χ0v) is 26.9. The number of hydrogen-bond donors (Lipinski definition) is 4. The maximum atomic E-state index is 13.3. The molecule has 0 radical (unpaired) electrons. The van der Waals surface area contributed by atoms with E-state index in [0.717, 1.165) is 53.7 Å². The largest absolute Gasteiger partial charge is 0.478 e. The molecule has 1 saturated heterocycles. The molecule has 242 valence electrons. The zero-order chi connectivity index (χ0) is 31.8. The number of rotatable bonds is 9. The minimum atomic E-state index is -0.958. The Morgan fingerprint density at radius 2 is 1.59 bits per heavy atom. The monoisotopic (exact) mass is 642 g/mol. The van der Waals surface area contributed by atoms with Crippen LogP contribution in [-0.2, 0) is 16.1 Å². The Morgan fingerprint density at radius 1 is 0.891 bits per heavy atom. The number of amides is 2. The van der Waals surface area contributed by atoms with Crippen LogP contribution >= 0.6 is 11.8 Å². The van der Waals surface area contributed by atoms with Crippen molar-refractivity contribution >= 4 is 29.4 Å². The van der Waals surface area contributed by atoms with Crippen LogP contribution in [0.5, 0.6) is 0 Å². The third kappa shape index (κ3) is 6.56. The highest BCUT2D eigenvalue weighted by Gasteiger charge is 2.51. The molecule has 8 rings (SSSR count). The van der Waals surface area contributed by atoms with Gasteiger partial charge in [-0.1, -0.05) is 55.5 Å². The molecule has 3 aromatic carbocycles. The van der Waals surface area contributed by atoms with Gasteiger partial charge in [0, 0.05) is 33.4 Å². The molecular formula is C37H42N2O6S. The van der Waals surface area contributed by atoms with Gasteiger partial charge in [-0.15, -0.1) is 11.8 Å². The molecule has 4 saturated carbocycles. The first kappa shape index (κ1) is 31.2. The van der Waals surface area contributed by atoms with Crippen LogP contribution in [0, 0.1) is 23.7 Å². The number of nitrogens with one attached hydrogen (secondary N) is 2. The molecule has 4 atom stereocenters. The lowest BCUT2D eigenvalue weighted by Gasteiger charge is -2.56. The number of carbonyl (C=O) groups is 2. The topological polar surface area (TPSA) is 117 Å². The van der Waals surface area contributed by atoms with E-state index in [9.17, 15) is 19.8 Å². The van der Waals surface area contributed by atoms with E-state index in [-0.39, 0.29) is 41.9 Å². The molecule has 4 aliphatic carbocycles. The van der Waals surface area contributed by atoms with Gasteiger partial charge in [0.15, 0.2) is 6.29 Å². The van der Waals surface area contributed by atoms with E-state index < -0.39 is 12.3 Å². The number of urea groups is 1. The van der Waals surface area contributed by atoms with Crippen molar-refractivity contribution in [3.63, 3.8) is 0 Å². The van der Waals surface area contributed by atoms with E-state index in [2.05, 4.69) is 17.6 Å². The first-order valence-corrected chi connectivity index (χ1v) is 17.4. The molecule has 1 heterocycles. The van der Waals surface area contributed by atoms with Crippen LogP contribution < -0.4 is 10.6 Å². The molecule has 8 nitrogen and oxygen atoms in total. The first-order valence-electron chi connectivity index (χ1n) is 16.4. The van der Waals surface area contributed by atoms with E-state index in [1.807, 2.05) is 60.7 Å². The number of aliphatic hydroxyl groups is 1. The molecular weight excluding hydrogens is 600 g/mol. The van der Waals surface area contributed by atoms with Crippen LogP contribution in [0.3, 0.4) is 0 Å². The lowest BCUT2D eigenvalue weighted by atomic mass is 9.53. The van der Waals surface area contributed by atoms with Crippen molar-refractivity contribution in [1.82, 2.24) is 5.32 Å². The lowest BCUT2D eigenvalue weighted by molar-refractivity contribution is -0.268. The molecule has 4 N–H and O–H groups in total. The van der Waals surface area contributed by atoms with Crippen molar-refractivity contribution in [2.45, 2.75) is 81.0 Å². The predicted molar refractivity (Wildman–Crippen MR) is 177 cm³/mol. The number of anilines is 1. The third-order valence-electron chi connectivity index (χ3n) is 10.5. The number of carboxylic acids is 1. The van der Waals surface area contributed by atoms with Crippen molar-refractivity contribution in [1.29, 1.82) is 0 Å². The summed E-state index contributed by atoms with van der Waals surface area (Å²) in [6.07, 6.45) is 5.97. The number of thioether (sulfide) groups is 1. The van der Waals surface area contributed by atoms with Crippen molar-refractivity contribution in [2.24, 2.45) is 23.7 Å². The molecule has 1 aliphatic heterocycles. The summed E-state index contributed by atoms with van der Waals surface area (Å²) in [5.74, 6) is 1.76. The van der Waals surface area contributed by atoms with Crippen molar-refractivity contribution in [2.75, 3.05) is 11.1 Å². The maximum absolute atomic E-state index is 13.3. The molecule has 3 aromatic rings. The number of benzene rings is 3. The Kier molecular flexibility index (Phi) is 8.85. The number of carbonyl (C=O) groups excluding carboxylic acids is 1. The minimum Gasteiger partial charge on any atom is -0.478 e. The summed E-state index contributed by atoms with van der Waals surface area (Å²) in [6, 6.07) is 22.2. The van der Waals surface area contributed by atoms with E-state index in [4.69, 9.17) is 9.47 Å². The number of aromatic carboxylic acids is 1. The maximum Gasteiger partial charge on any atom is 0.336 e. The fraction of sp³-hybridized carbons (Fsp3) is 0.459. The third-order valence-corrected chi connectivity index (χ3v) is 11.6. The number of hydrogen-bond acceptors (Lipinski definition) is 6. The Hall–Kier alpha value is -3.37. The van der Waals surface area contributed by atoms with Gasteiger partial charge < -0.3 is 30.3 Å². The van der Waals surface area contributed by atoms with Crippen LogP contribution in [0.1, 0.15) is 84.9 Å². The minimum absolute atomic E-state index is 0.0361. The van der Waals surface area contributed by atoms with Gasteiger partial charge in [-0.05, 0) is 91.7 Å². The van der Waals surface area contributed by atoms with Gasteiger partial charge >= 0.3 is 12.0 Å². The second-order valence-corrected chi connectivity index (χ2v) is 14.9. The van der Waals surface area contributed by atoms with Gasteiger partial charge in [0.25, 0.3) is 0 Å². The molecule has 0 spiro atoms. The fourth-order valence-electron chi connectivity index (χ4n) is 8.68. The average molecular weight is 643 g/mol. The number of carboxylic acid groups (broad SMARTS) is 1. The number of aliphatic hydroxyl groups excluding tert-OH is 1. The summed E-state index contributed by atoms with van der Waals surface area (Å²) in [7, 11) is 0. The van der Waals surface area contributed by atoms with Crippen molar-refractivity contribution < 1.29 is 29.3 Å². The van der Waals surface area contributed by atoms with Crippen molar-refractivity contribution in [3.8, 4) is 0 Å². The summed E-state index contributed by atoms with van der Waals surface area (Å²) < 4.78 is 13.2. The molecule has 5 aliphatic rings. The fourth-order valence-corrected chi connectivity index (χ4v) is 9.89. The molecule has 0 aromatic heterocycles. The summed E-state index contributed by atoms with van der Waals surface area (Å²) in [4.78, 5) is 25.8. The van der Waals surface area contributed by atoms with Gasteiger partial charge in [-0.2, -0.15) is 0 Å². The quantitative estimate of drug-likeness (QED) is 0.178. The SMILES string of the molecule is C[C@@H]1[C@H](CSc2ccccc2C(=O)O)O[C@H](c2cccc(NC(=O)NC34CC5CC(CC(C5)C3)C4)c2)O[C@@H]1c1ccc(CO)cc1. The predicted octanol–water partition coefficient (Wildman–Crippen LogP) is 7.55. The van der Waals surface area contributed by atoms with Crippen molar-refractivity contribution in [3.05, 3.63) is 95.1 Å². The van der Waals surface area contributed by atoms with Crippen LogP contribution in [0.2, 0.25) is 0 Å². The van der Waals surface area contributed by atoms with E-state index in [1.54, 1.807) is 12.1 Å². The average Bonchev–Trinajstić information content (AvgIpc) is 3.03. The first-order chi connectivity index (χ1) is 22.3. The molecule has 9 heteroatoms.